The summed E-state index contributed by atoms with van der Waals surface area (Å²) in [4.78, 5) is 11.3. The van der Waals surface area contributed by atoms with E-state index in [9.17, 15) is 4.79 Å². The van der Waals surface area contributed by atoms with Gasteiger partial charge in [0.15, 0.2) is 0 Å². The Balaban J connectivity index is 2.43. The van der Waals surface area contributed by atoms with Crippen molar-refractivity contribution in [1.29, 1.82) is 0 Å². The van der Waals surface area contributed by atoms with Crippen molar-refractivity contribution in [2.75, 3.05) is 0 Å². The Hall–Kier alpha value is -0.830. The molecule has 0 radical (unpaired) electrons. The maximum atomic E-state index is 11.3. The van der Waals surface area contributed by atoms with Crippen LogP contribution < -0.4 is 0 Å². The second-order valence-electron chi connectivity index (χ2n) is 3.36. The molecule has 1 saturated heterocycles. The highest BCUT2D eigenvalue weighted by Gasteiger charge is 2.32. The Morgan fingerprint density at radius 3 is 2.77 bits per heavy atom. The van der Waals surface area contributed by atoms with Gasteiger partial charge in [-0.3, -0.25) is 4.79 Å². The van der Waals surface area contributed by atoms with Crippen molar-refractivity contribution in [3.63, 3.8) is 0 Å². The number of ether oxygens (including phenoxy) is 2. The summed E-state index contributed by atoms with van der Waals surface area (Å²) in [6, 6.07) is 0. The molecule has 13 heavy (non-hydrogen) atoms. The van der Waals surface area contributed by atoms with Crippen LogP contribution in [0.1, 0.15) is 26.7 Å². The van der Waals surface area contributed by atoms with Crippen molar-refractivity contribution in [2.45, 2.75) is 39.1 Å². The molecule has 1 aliphatic rings. The lowest BCUT2D eigenvalue weighted by Crippen LogP contribution is -2.40. The zero-order valence-corrected chi connectivity index (χ0v) is 8.16. The summed E-state index contributed by atoms with van der Waals surface area (Å²) < 4.78 is 10.5. The van der Waals surface area contributed by atoms with Gasteiger partial charge in [0.25, 0.3) is 0 Å². The molecular formula is C10H16O3. The molecule has 0 N–H and O–H groups in total. The van der Waals surface area contributed by atoms with E-state index in [1.165, 1.54) is 0 Å². The highest BCUT2D eigenvalue weighted by atomic mass is 16.7. The molecule has 0 aromatic rings. The van der Waals surface area contributed by atoms with E-state index in [0.29, 0.717) is 6.42 Å². The topological polar surface area (TPSA) is 35.5 Å². The van der Waals surface area contributed by atoms with Crippen LogP contribution in [0, 0.1) is 5.92 Å². The van der Waals surface area contributed by atoms with E-state index in [-0.39, 0.29) is 24.3 Å². The van der Waals surface area contributed by atoms with Gasteiger partial charge in [-0.05, 0) is 20.3 Å². The fourth-order valence-electron chi connectivity index (χ4n) is 1.19. The molecule has 0 unspecified atom stereocenters. The summed E-state index contributed by atoms with van der Waals surface area (Å²) in [6.45, 7) is 7.31. The lowest BCUT2D eigenvalue weighted by molar-refractivity contribution is -0.226. The molecule has 1 aliphatic heterocycles. The van der Waals surface area contributed by atoms with Gasteiger partial charge in [0.2, 0.25) is 6.29 Å². The highest BCUT2D eigenvalue weighted by Crippen LogP contribution is 2.21. The fraction of sp³-hybridized carbons (Fsp3) is 0.700. The first kappa shape index (κ1) is 10.3. The molecule has 1 fully saturated rings. The van der Waals surface area contributed by atoms with E-state index in [1.807, 2.05) is 13.8 Å². The number of hydrogen-bond donors (Lipinski definition) is 0. The van der Waals surface area contributed by atoms with E-state index < -0.39 is 0 Å². The Morgan fingerprint density at radius 1 is 1.54 bits per heavy atom. The normalized spacial score (nSPS) is 34.0. The summed E-state index contributed by atoms with van der Waals surface area (Å²) in [5.41, 5.74) is 0. The Kier molecular flexibility index (Phi) is 3.48. The number of carbonyl (C=O) groups excluding carboxylic acids is 1. The third-order valence-corrected chi connectivity index (χ3v) is 2.30. The van der Waals surface area contributed by atoms with Crippen molar-refractivity contribution >= 4 is 5.97 Å². The average Bonchev–Trinajstić information content (AvgIpc) is 2.10. The lowest BCUT2D eigenvalue weighted by atomic mass is 10.1. The molecule has 0 bridgehead atoms. The minimum absolute atomic E-state index is 0.0453. The second kappa shape index (κ2) is 4.42. The van der Waals surface area contributed by atoms with E-state index in [2.05, 4.69) is 6.58 Å². The SMILES string of the molecule is C=CCC[C@H]1OC(=O)[C@@H](C)[C@H](C)O1. The first-order valence-corrected chi connectivity index (χ1v) is 4.62. The van der Waals surface area contributed by atoms with Crippen molar-refractivity contribution < 1.29 is 14.3 Å². The van der Waals surface area contributed by atoms with Crippen molar-refractivity contribution in [1.82, 2.24) is 0 Å². The predicted molar refractivity (Wildman–Crippen MR) is 49.0 cm³/mol. The number of allylic oxidation sites excluding steroid dienone is 1. The largest absolute Gasteiger partial charge is 0.435 e. The lowest BCUT2D eigenvalue weighted by Gasteiger charge is -2.31. The van der Waals surface area contributed by atoms with Crippen molar-refractivity contribution in [3.8, 4) is 0 Å². The summed E-state index contributed by atoms with van der Waals surface area (Å²) >= 11 is 0. The molecule has 3 nitrogen and oxygen atoms in total. The Morgan fingerprint density at radius 2 is 2.23 bits per heavy atom. The summed E-state index contributed by atoms with van der Waals surface area (Å²) in [6.07, 6.45) is 2.87. The minimum atomic E-state index is -0.378. The van der Waals surface area contributed by atoms with Crippen LogP contribution in [0.5, 0.6) is 0 Å². The molecule has 1 rings (SSSR count). The number of rotatable bonds is 3. The van der Waals surface area contributed by atoms with Crippen molar-refractivity contribution in [3.05, 3.63) is 12.7 Å². The number of esters is 1. The molecule has 0 aromatic carbocycles. The van der Waals surface area contributed by atoms with Gasteiger partial charge in [-0.25, -0.2) is 0 Å². The summed E-state index contributed by atoms with van der Waals surface area (Å²) in [5.74, 6) is -0.312. The van der Waals surface area contributed by atoms with E-state index in [1.54, 1.807) is 6.08 Å². The third-order valence-electron chi connectivity index (χ3n) is 2.30. The van der Waals surface area contributed by atoms with Crippen molar-refractivity contribution in [2.24, 2.45) is 5.92 Å². The highest BCUT2D eigenvalue weighted by molar-refractivity contribution is 5.73. The van der Waals surface area contributed by atoms with Gasteiger partial charge < -0.3 is 9.47 Å². The first-order chi connectivity index (χ1) is 6.15. The van der Waals surface area contributed by atoms with E-state index >= 15 is 0 Å². The standard InChI is InChI=1S/C10H16O3/c1-4-5-6-9-12-8(3)7(2)10(11)13-9/h4,7-9H,1,5-6H2,2-3H3/t7-,8-,9+/m0/s1. The molecule has 3 atom stereocenters. The number of cyclic esters (lactones) is 1. The molecule has 1 heterocycles. The molecule has 74 valence electrons. The van der Waals surface area contributed by atoms with Crippen LogP contribution in [-0.2, 0) is 14.3 Å². The van der Waals surface area contributed by atoms with Gasteiger partial charge in [0.1, 0.15) is 0 Å². The van der Waals surface area contributed by atoms with Crippen LogP contribution >= 0.6 is 0 Å². The van der Waals surface area contributed by atoms with Gasteiger partial charge in [0.05, 0.1) is 12.0 Å². The summed E-state index contributed by atoms with van der Waals surface area (Å²) in [5, 5.41) is 0. The van der Waals surface area contributed by atoms with Crippen LogP contribution in [0.3, 0.4) is 0 Å². The molecule has 0 amide bonds. The van der Waals surface area contributed by atoms with Crippen LogP contribution in [-0.4, -0.2) is 18.4 Å². The second-order valence-corrected chi connectivity index (χ2v) is 3.36. The van der Waals surface area contributed by atoms with E-state index in [0.717, 1.165) is 6.42 Å². The average molecular weight is 184 g/mol. The zero-order valence-electron chi connectivity index (χ0n) is 8.16. The molecule has 0 aliphatic carbocycles. The van der Waals surface area contributed by atoms with Gasteiger partial charge in [-0.15, -0.1) is 6.58 Å². The summed E-state index contributed by atoms with van der Waals surface area (Å²) in [7, 11) is 0. The molecule has 3 heteroatoms. The molecule has 0 aromatic heterocycles. The molecular weight excluding hydrogens is 168 g/mol. The Labute approximate surface area is 78.7 Å². The fourth-order valence-corrected chi connectivity index (χ4v) is 1.19. The van der Waals surface area contributed by atoms with Gasteiger partial charge in [0, 0.05) is 6.42 Å². The third kappa shape index (κ3) is 2.56. The smallest absolute Gasteiger partial charge is 0.313 e. The molecule has 0 spiro atoms. The minimum Gasteiger partial charge on any atom is -0.435 e. The number of hydrogen-bond acceptors (Lipinski definition) is 3. The van der Waals surface area contributed by atoms with E-state index in [4.69, 9.17) is 9.47 Å². The van der Waals surface area contributed by atoms with Crippen LogP contribution in [0.15, 0.2) is 12.7 Å². The predicted octanol–water partition coefficient (Wildman–Crippen LogP) is 1.88. The van der Waals surface area contributed by atoms with Crippen LogP contribution in [0.2, 0.25) is 0 Å². The van der Waals surface area contributed by atoms with Gasteiger partial charge in [-0.2, -0.15) is 0 Å². The maximum absolute atomic E-state index is 11.3. The maximum Gasteiger partial charge on any atom is 0.313 e. The molecule has 0 saturated carbocycles. The quantitative estimate of drug-likeness (QED) is 0.496. The zero-order chi connectivity index (χ0) is 9.84. The van der Waals surface area contributed by atoms with Gasteiger partial charge in [-0.1, -0.05) is 6.08 Å². The Bertz CT molecular complexity index is 200. The van der Waals surface area contributed by atoms with Crippen LogP contribution in [0.25, 0.3) is 0 Å². The van der Waals surface area contributed by atoms with Crippen LogP contribution in [0.4, 0.5) is 0 Å². The number of carbonyl (C=O) groups is 1. The monoisotopic (exact) mass is 184 g/mol. The van der Waals surface area contributed by atoms with Gasteiger partial charge >= 0.3 is 5.97 Å². The first-order valence-electron chi connectivity index (χ1n) is 4.62.